The topological polar surface area (TPSA) is 81.3 Å². The second kappa shape index (κ2) is 9.60. The third-order valence-electron chi connectivity index (χ3n) is 4.51. The average Bonchev–Trinajstić information content (AvgIpc) is 3.18. The number of nitrogens with one attached hydrogen (secondary N) is 1. The zero-order valence-electron chi connectivity index (χ0n) is 16.5. The van der Waals surface area contributed by atoms with Crippen molar-refractivity contribution >= 4 is 35.4 Å². The number of aromatic amines is 1. The highest BCUT2D eigenvalue weighted by Crippen LogP contribution is 2.35. The Labute approximate surface area is 175 Å². The van der Waals surface area contributed by atoms with E-state index in [-0.39, 0.29) is 11.5 Å². The first kappa shape index (κ1) is 20.9. The highest BCUT2D eigenvalue weighted by molar-refractivity contribution is 7.80. The first-order valence-corrected chi connectivity index (χ1v) is 10.2. The maximum Gasteiger partial charge on any atom is 0.343 e. The number of hydrogen-bond donors (Lipinski definition) is 2. The number of imidazole rings is 1. The first-order chi connectivity index (χ1) is 14.0. The summed E-state index contributed by atoms with van der Waals surface area (Å²) in [5.74, 6) is 0.917. The van der Waals surface area contributed by atoms with Gasteiger partial charge in [-0.15, -0.1) is 0 Å². The molecule has 0 radical (unpaired) electrons. The van der Waals surface area contributed by atoms with Gasteiger partial charge in [0.05, 0.1) is 35.1 Å². The Morgan fingerprint density at radius 3 is 2.76 bits per heavy atom. The second-order valence-corrected chi connectivity index (χ2v) is 7.12. The van der Waals surface area contributed by atoms with Gasteiger partial charge in [-0.1, -0.05) is 13.3 Å². The lowest BCUT2D eigenvalue weighted by atomic mass is 10.0. The van der Waals surface area contributed by atoms with E-state index < -0.39 is 5.97 Å². The Hall–Kier alpha value is -2.80. The van der Waals surface area contributed by atoms with Crippen LogP contribution in [0.3, 0.4) is 0 Å². The minimum atomic E-state index is -0.533. The van der Waals surface area contributed by atoms with Crippen LogP contribution in [-0.2, 0) is 6.42 Å². The van der Waals surface area contributed by atoms with Crippen molar-refractivity contribution in [3.05, 3.63) is 53.3 Å². The minimum Gasteiger partial charge on any atom is -0.493 e. The summed E-state index contributed by atoms with van der Waals surface area (Å²) in [5.41, 5.74) is 2.97. The quantitative estimate of drug-likeness (QED) is 0.176. The number of carbonyl (C=O) groups excluding carboxylic acids is 2. The number of H-pyrrole nitrogens is 1. The highest BCUT2D eigenvalue weighted by atomic mass is 32.1. The van der Waals surface area contributed by atoms with Crippen LogP contribution in [0, 0.1) is 0 Å². The normalized spacial score (nSPS) is 10.9. The Morgan fingerprint density at radius 2 is 2.03 bits per heavy atom. The zero-order valence-corrected chi connectivity index (χ0v) is 17.4. The number of fused-ring (bicyclic) bond motifs is 1. The van der Waals surface area contributed by atoms with Crippen LogP contribution < -0.4 is 9.47 Å². The van der Waals surface area contributed by atoms with Gasteiger partial charge in [0.1, 0.15) is 11.5 Å². The Kier molecular flexibility index (Phi) is 6.93. The summed E-state index contributed by atoms with van der Waals surface area (Å²) < 4.78 is 11.6. The molecule has 1 heterocycles. The third kappa shape index (κ3) is 4.79. The number of ketones is 1. The molecule has 0 aliphatic carbocycles. The standard InChI is InChI=1S/C22H24N2O4S/c1-3-5-17-20(27-10-4-11-29)9-7-16(14(2)25)21(17)28-22(26)15-6-8-18-19(12-15)24-13-23-18/h6-9,12-13,29H,3-5,10-11H2,1-2H3,(H,23,24). The monoisotopic (exact) mass is 412 g/mol. The van der Waals surface area contributed by atoms with Crippen molar-refractivity contribution in [3.63, 3.8) is 0 Å². The molecule has 3 rings (SSSR count). The lowest BCUT2D eigenvalue weighted by molar-refractivity contribution is 0.0730. The van der Waals surface area contributed by atoms with Crippen LogP contribution in [0.4, 0.5) is 0 Å². The highest BCUT2D eigenvalue weighted by Gasteiger charge is 2.22. The maximum atomic E-state index is 12.9. The Balaban J connectivity index is 1.98. The number of hydrogen-bond acceptors (Lipinski definition) is 6. The molecule has 0 spiro atoms. The summed E-state index contributed by atoms with van der Waals surface area (Å²) in [4.78, 5) is 32.2. The van der Waals surface area contributed by atoms with Gasteiger partial charge >= 0.3 is 5.97 Å². The molecule has 3 aromatic rings. The zero-order chi connectivity index (χ0) is 20.8. The molecule has 152 valence electrons. The number of ether oxygens (including phenoxy) is 2. The van der Waals surface area contributed by atoms with Crippen molar-refractivity contribution in [1.82, 2.24) is 9.97 Å². The summed E-state index contributed by atoms with van der Waals surface area (Å²) in [6.45, 7) is 3.99. The molecular formula is C22H24N2O4S. The molecule has 1 aromatic heterocycles. The van der Waals surface area contributed by atoms with Gasteiger partial charge < -0.3 is 14.5 Å². The summed E-state index contributed by atoms with van der Waals surface area (Å²) in [7, 11) is 0. The second-order valence-electron chi connectivity index (χ2n) is 6.67. The molecule has 7 heteroatoms. The van der Waals surface area contributed by atoms with Crippen molar-refractivity contribution in [1.29, 1.82) is 0 Å². The molecule has 0 bridgehead atoms. The van der Waals surface area contributed by atoms with Crippen LogP contribution in [0.2, 0.25) is 0 Å². The predicted octanol–water partition coefficient (Wildman–Crippen LogP) is 4.64. The van der Waals surface area contributed by atoms with E-state index in [9.17, 15) is 9.59 Å². The Bertz CT molecular complexity index is 1030. The molecule has 29 heavy (non-hydrogen) atoms. The number of benzene rings is 2. The van der Waals surface area contributed by atoms with Crippen LogP contribution in [0.15, 0.2) is 36.7 Å². The van der Waals surface area contributed by atoms with Gasteiger partial charge in [0, 0.05) is 5.56 Å². The number of rotatable bonds is 9. The Morgan fingerprint density at radius 1 is 1.21 bits per heavy atom. The molecule has 0 aliphatic rings. The molecule has 0 amide bonds. The summed E-state index contributed by atoms with van der Waals surface area (Å²) in [6, 6.07) is 8.51. The lowest BCUT2D eigenvalue weighted by Crippen LogP contribution is -2.14. The van der Waals surface area contributed by atoms with Crippen molar-refractivity contribution in [3.8, 4) is 11.5 Å². The van der Waals surface area contributed by atoms with Crippen molar-refractivity contribution < 1.29 is 19.1 Å². The first-order valence-electron chi connectivity index (χ1n) is 9.61. The van der Waals surface area contributed by atoms with Gasteiger partial charge in [-0.25, -0.2) is 9.78 Å². The van der Waals surface area contributed by atoms with Gasteiger partial charge in [0.25, 0.3) is 0 Å². The molecule has 0 unspecified atom stereocenters. The number of Topliss-reactive ketones (excluding diaryl/α,β-unsaturated/α-hetero) is 1. The number of esters is 1. The smallest absolute Gasteiger partial charge is 0.343 e. The molecule has 0 fully saturated rings. The van der Waals surface area contributed by atoms with E-state index in [2.05, 4.69) is 22.6 Å². The van der Waals surface area contributed by atoms with E-state index in [0.717, 1.165) is 29.4 Å². The SMILES string of the molecule is CCCc1c(OCCCS)ccc(C(C)=O)c1OC(=O)c1ccc2nc[nH]c2c1. The fraction of sp³-hybridized carbons (Fsp3) is 0.318. The van der Waals surface area contributed by atoms with Crippen LogP contribution >= 0.6 is 12.6 Å². The molecule has 1 N–H and O–H groups in total. The average molecular weight is 413 g/mol. The van der Waals surface area contributed by atoms with Crippen LogP contribution in [0.25, 0.3) is 11.0 Å². The maximum absolute atomic E-state index is 12.9. The fourth-order valence-corrected chi connectivity index (χ4v) is 3.22. The van der Waals surface area contributed by atoms with E-state index >= 15 is 0 Å². The van der Waals surface area contributed by atoms with Gasteiger partial charge in [-0.2, -0.15) is 12.6 Å². The number of aromatic nitrogens is 2. The van der Waals surface area contributed by atoms with E-state index in [1.807, 2.05) is 6.92 Å². The minimum absolute atomic E-state index is 0.170. The van der Waals surface area contributed by atoms with E-state index in [1.165, 1.54) is 6.92 Å². The summed E-state index contributed by atoms with van der Waals surface area (Å²) in [5, 5.41) is 0. The van der Waals surface area contributed by atoms with Crippen LogP contribution in [0.5, 0.6) is 11.5 Å². The molecule has 0 atom stereocenters. The third-order valence-corrected chi connectivity index (χ3v) is 4.82. The summed E-state index contributed by atoms with van der Waals surface area (Å²) in [6.07, 6.45) is 3.80. The summed E-state index contributed by atoms with van der Waals surface area (Å²) >= 11 is 4.20. The number of thiol groups is 1. The van der Waals surface area contributed by atoms with E-state index in [0.29, 0.717) is 35.7 Å². The molecule has 0 saturated heterocycles. The van der Waals surface area contributed by atoms with Gasteiger partial charge in [-0.05, 0) is 55.9 Å². The van der Waals surface area contributed by atoms with Crippen LogP contribution in [-0.4, -0.2) is 34.1 Å². The number of nitrogens with zero attached hydrogens (tertiary/aromatic N) is 1. The lowest BCUT2D eigenvalue weighted by Gasteiger charge is -2.18. The number of carbonyl (C=O) groups is 2. The molecule has 0 aliphatic heterocycles. The largest absolute Gasteiger partial charge is 0.493 e. The van der Waals surface area contributed by atoms with Crippen molar-refractivity contribution in [2.75, 3.05) is 12.4 Å². The molecule has 2 aromatic carbocycles. The van der Waals surface area contributed by atoms with Crippen LogP contribution in [0.1, 0.15) is 53.0 Å². The van der Waals surface area contributed by atoms with Gasteiger partial charge in [0.2, 0.25) is 0 Å². The van der Waals surface area contributed by atoms with Crippen molar-refractivity contribution in [2.24, 2.45) is 0 Å². The predicted molar refractivity (Wildman–Crippen MR) is 115 cm³/mol. The van der Waals surface area contributed by atoms with E-state index in [4.69, 9.17) is 9.47 Å². The van der Waals surface area contributed by atoms with Crippen molar-refractivity contribution in [2.45, 2.75) is 33.1 Å². The molecular weight excluding hydrogens is 388 g/mol. The van der Waals surface area contributed by atoms with E-state index in [1.54, 1.807) is 36.7 Å². The fourth-order valence-electron chi connectivity index (χ4n) is 3.09. The van der Waals surface area contributed by atoms with Gasteiger partial charge in [0.15, 0.2) is 5.78 Å². The molecule has 6 nitrogen and oxygen atoms in total. The molecule has 0 saturated carbocycles. The van der Waals surface area contributed by atoms with Gasteiger partial charge in [-0.3, -0.25) is 4.79 Å².